The van der Waals surface area contributed by atoms with Gasteiger partial charge in [0.15, 0.2) is 0 Å². The summed E-state index contributed by atoms with van der Waals surface area (Å²) in [4.78, 5) is 4.41. The molecule has 0 radical (unpaired) electrons. The Labute approximate surface area is 74.1 Å². The van der Waals surface area contributed by atoms with Gasteiger partial charge in [-0.2, -0.15) is 0 Å². The Bertz CT molecular complexity index is 214. The van der Waals surface area contributed by atoms with Gasteiger partial charge >= 0.3 is 0 Å². The Morgan fingerprint density at radius 2 is 2.50 bits per heavy atom. The van der Waals surface area contributed by atoms with E-state index in [-0.39, 0.29) is 0 Å². The van der Waals surface area contributed by atoms with E-state index in [0.29, 0.717) is 0 Å². The minimum atomic E-state index is 0.938. The molecule has 0 saturated carbocycles. The summed E-state index contributed by atoms with van der Waals surface area (Å²) in [6.45, 7) is 7.67. The summed E-state index contributed by atoms with van der Waals surface area (Å²) < 4.78 is 0. The molecule has 0 aromatic rings. The molecule has 1 heterocycles. The van der Waals surface area contributed by atoms with Crippen molar-refractivity contribution in [3.63, 3.8) is 0 Å². The minimum absolute atomic E-state index is 0.938. The predicted molar refractivity (Wildman–Crippen MR) is 53.5 cm³/mol. The molecule has 1 aliphatic heterocycles. The van der Waals surface area contributed by atoms with Gasteiger partial charge in [-0.3, -0.25) is 4.99 Å². The van der Waals surface area contributed by atoms with Crippen molar-refractivity contribution in [2.24, 2.45) is 4.99 Å². The normalized spacial score (nSPS) is 20.4. The Morgan fingerprint density at radius 1 is 1.67 bits per heavy atom. The lowest BCUT2D eigenvalue weighted by Gasteiger charge is -2.16. The summed E-state index contributed by atoms with van der Waals surface area (Å²) in [7, 11) is 0. The van der Waals surface area contributed by atoms with Crippen LogP contribution < -0.4 is 5.32 Å². The standard InChI is InChI=1S/C10H16N2/c1-3-6-9-7-5-8-12-10(9)11-4-2/h3,6H,1,4-5,7-8H2,2H3,(H,11,12)/b9-6-. The first kappa shape index (κ1) is 9.04. The third-order valence-corrected chi connectivity index (χ3v) is 1.84. The smallest absolute Gasteiger partial charge is 0.124 e. The average molecular weight is 164 g/mol. The average Bonchev–Trinajstić information content (AvgIpc) is 2.09. The number of hydrogen-bond acceptors (Lipinski definition) is 2. The number of hydrogen-bond donors (Lipinski definition) is 1. The molecule has 0 aromatic carbocycles. The van der Waals surface area contributed by atoms with Gasteiger partial charge in [-0.15, -0.1) is 0 Å². The predicted octanol–water partition coefficient (Wildman–Crippen LogP) is 1.90. The number of amidine groups is 1. The molecular weight excluding hydrogens is 148 g/mol. The summed E-state index contributed by atoms with van der Waals surface area (Å²) in [5, 5.41) is 3.25. The number of likely N-dealkylation sites (N-methyl/N-ethyl adjacent to an activating group) is 1. The first-order chi connectivity index (χ1) is 5.88. The van der Waals surface area contributed by atoms with Gasteiger partial charge in [-0.25, -0.2) is 0 Å². The summed E-state index contributed by atoms with van der Waals surface area (Å²) in [5.41, 5.74) is 1.29. The largest absolute Gasteiger partial charge is 0.370 e. The van der Waals surface area contributed by atoms with E-state index in [1.54, 1.807) is 0 Å². The molecule has 0 spiro atoms. The van der Waals surface area contributed by atoms with Crippen LogP contribution in [0.5, 0.6) is 0 Å². The molecule has 0 atom stereocenters. The number of nitrogens with zero attached hydrogens (tertiary/aromatic N) is 1. The second-order valence-corrected chi connectivity index (χ2v) is 2.79. The molecule has 0 amide bonds. The molecular formula is C10H16N2. The molecule has 1 rings (SSSR count). The van der Waals surface area contributed by atoms with Gasteiger partial charge in [0.25, 0.3) is 0 Å². The highest BCUT2D eigenvalue weighted by Crippen LogP contribution is 2.12. The second-order valence-electron chi connectivity index (χ2n) is 2.79. The van der Waals surface area contributed by atoms with Crippen molar-refractivity contribution < 1.29 is 0 Å². The van der Waals surface area contributed by atoms with Crippen LogP contribution in [0, 0.1) is 0 Å². The maximum atomic E-state index is 4.41. The van der Waals surface area contributed by atoms with E-state index in [1.807, 2.05) is 12.2 Å². The third-order valence-electron chi connectivity index (χ3n) is 1.84. The molecule has 66 valence electrons. The summed E-state index contributed by atoms with van der Waals surface area (Å²) in [6, 6.07) is 0. The van der Waals surface area contributed by atoms with Crippen LogP contribution in [0.3, 0.4) is 0 Å². The zero-order valence-electron chi connectivity index (χ0n) is 7.64. The zero-order chi connectivity index (χ0) is 8.81. The lowest BCUT2D eigenvalue weighted by molar-refractivity contribution is 0.788. The van der Waals surface area contributed by atoms with Crippen LogP contribution in [0.15, 0.2) is 29.3 Å². The van der Waals surface area contributed by atoms with Crippen molar-refractivity contribution in [1.29, 1.82) is 0 Å². The molecule has 0 unspecified atom stereocenters. The van der Waals surface area contributed by atoms with Crippen LogP contribution in [0.25, 0.3) is 0 Å². The number of aliphatic imine (C=N–C) groups is 1. The van der Waals surface area contributed by atoms with Crippen LogP contribution in [0.4, 0.5) is 0 Å². The second kappa shape index (κ2) is 4.75. The van der Waals surface area contributed by atoms with E-state index >= 15 is 0 Å². The lowest BCUT2D eigenvalue weighted by atomic mass is 10.1. The van der Waals surface area contributed by atoms with Crippen LogP contribution in [0.1, 0.15) is 19.8 Å². The highest BCUT2D eigenvalue weighted by Gasteiger charge is 2.08. The molecule has 0 saturated heterocycles. The first-order valence-electron chi connectivity index (χ1n) is 4.48. The number of rotatable bonds is 2. The Balaban J connectivity index is 2.70. The monoisotopic (exact) mass is 164 g/mol. The van der Waals surface area contributed by atoms with Crippen molar-refractivity contribution in [3.8, 4) is 0 Å². The van der Waals surface area contributed by atoms with Gasteiger partial charge in [-0.05, 0) is 25.3 Å². The van der Waals surface area contributed by atoms with Gasteiger partial charge < -0.3 is 5.32 Å². The maximum absolute atomic E-state index is 4.41. The van der Waals surface area contributed by atoms with Gasteiger partial charge in [0.05, 0.1) is 0 Å². The van der Waals surface area contributed by atoms with E-state index in [0.717, 1.165) is 31.8 Å². The highest BCUT2D eigenvalue weighted by atomic mass is 15.0. The number of nitrogens with one attached hydrogen (secondary N) is 1. The van der Waals surface area contributed by atoms with Gasteiger partial charge in [0.2, 0.25) is 0 Å². The number of allylic oxidation sites excluding steroid dienone is 2. The van der Waals surface area contributed by atoms with Gasteiger partial charge in [0, 0.05) is 13.1 Å². The molecule has 12 heavy (non-hydrogen) atoms. The molecule has 0 aromatic heterocycles. The van der Waals surface area contributed by atoms with Crippen molar-refractivity contribution >= 4 is 5.84 Å². The first-order valence-corrected chi connectivity index (χ1v) is 4.48. The minimum Gasteiger partial charge on any atom is -0.370 e. The molecule has 0 aliphatic carbocycles. The molecule has 0 fully saturated rings. The van der Waals surface area contributed by atoms with Crippen molar-refractivity contribution in [2.75, 3.05) is 13.1 Å². The molecule has 1 aliphatic rings. The molecule has 2 heteroatoms. The fourth-order valence-electron chi connectivity index (χ4n) is 1.32. The highest BCUT2D eigenvalue weighted by molar-refractivity contribution is 5.98. The van der Waals surface area contributed by atoms with Gasteiger partial charge in [-0.1, -0.05) is 18.7 Å². The third kappa shape index (κ3) is 2.22. The van der Waals surface area contributed by atoms with E-state index < -0.39 is 0 Å². The maximum Gasteiger partial charge on any atom is 0.124 e. The Hall–Kier alpha value is -1.05. The Morgan fingerprint density at radius 3 is 3.17 bits per heavy atom. The SMILES string of the molecule is C=C/C=C1/CCCN=C1NCC. The van der Waals surface area contributed by atoms with Crippen molar-refractivity contribution in [1.82, 2.24) is 5.32 Å². The van der Waals surface area contributed by atoms with E-state index in [1.165, 1.54) is 5.57 Å². The fraction of sp³-hybridized carbons (Fsp3) is 0.500. The summed E-state index contributed by atoms with van der Waals surface area (Å²) in [5.74, 6) is 1.06. The van der Waals surface area contributed by atoms with Crippen LogP contribution in [-0.4, -0.2) is 18.9 Å². The van der Waals surface area contributed by atoms with E-state index in [9.17, 15) is 0 Å². The lowest BCUT2D eigenvalue weighted by Crippen LogP contribution is -2.27. The molecule has 0 bridgehead atoms. The summed E-state index contributed by atoms with van der Waals surface area (Å²) in [6.07, 6.45) is 6.15. The molecule has 2 nitrogen and oxygen atoms in total. The quantitative estimate of drug-likeness (QED) is 0.662. The fourth-order valence-corrected chi connectivity index (χ4v) is 1.32. The topological polar surface area (TPSA) is 24.4 Å². The van der Waals surface area contributed by atoms with Crippen molar-refractivity contribution in [2.45, 2.75) is 19.8 Å². The molecule has 1 N–H and O–H groups in total. The van der Waals surface area contributed by atoms with Gasteiger partial charge in [0.1, 0.15) is 5.84 Å². The van der Waals surface area contributed by atoms with Crippen molar-refractivity contribution in [3.05, 3.63) is 24.3 Å². The van der Waals surface area contributed by atoms with E-state index in [4.69, 9.17) is 0 Å². The van der Waals surface area contributed by atoms with Crippen LogP contribution >= 0.6 is 0 Å². The Kier molecular flexibility index (Phi) is 3.58. The van der Waals surface area contributed by atoms with Crippen LogP contribution in [-0.2, 0) is 0 Å². The summed E-state index contributed by atoms with van der Waals surface area (Å²) >= 11 is 0. The van der Waals surface area contributed by atoms with E-state index in [2.05, 4.69) is 23.8 Å². The zero-order valence-corrected chi connectivity index (χ0v) is 7.64. The van der Waals surface area contributed by atoms with Crippen LogP contribution in [0.2, 0.25) is 0 Å².